The smallest absolute Gasteiger partial charge is 0.161 e. The third-order valence-corrected chi connectivity index (χ3v) is 6.66. The van der Waals surface area contributed by atoms with Crippen molar-refractivity contribution in [1.82, 2.24) is 14.5 Å². The maximum absolute atomic E-state index is 11.0. The van der Waals surface area contributed by atoms with Crippen LogP contribution in [0.2, 0.25) is 0 Å². The molecule has 1 aliphatic heterocycles. The van der Waals surface area contributed by atoms with E-state index in [0.717, 1.165) is 55.7 Å². The van der Waals surface area contributed by atoms with E-state index >= 15 is 0 Å². The zero-order valence-corrected chi connectivity index (χ0v) is 21.1. The van der Waals surface area contributed by atoms with E-state index in [0.29, 0.717) is 26.1 Å². The molecule has 2 aromatic carbocycles. The number of rotatable bonds is 11. The van der Waals surface area contributed by atoms with Crippen LogP contribution >= 0.6 is 0 Å². The molecule has 0 amide bonds. The number of aromatic nitrogens is 2. The Morgan fingerprint density at radius 2 is 1.80 bits per heavy atom. The van der Waals surface area contributed by atoms with Crippen molar-refractivity contribution in [3.63, 3.8) is 0 Å². The molecular formula is C28H37N3O4. The van der Waals surface area contributed by atoms with E-state index in [1.807, 2.05) is 55.7 Å². The zero-order valence-electron chi connectivity index (χ0n) is 21.1. The van der Waals surface area contributed by atoms with Crippen molar-refractivity contribution in [2.24, 2.45) is 0 Å². The number of likely N-dealkylation sites (tertiary alicyclic amines) is 1. The number of methoxy groups -OCH3 is 1. The molecule has 0 aliphatic carbocycles. The second-order valence-electron chi connectivity index (χ2n) is 9.33. The molecule has 7 heteroatoms. The van der Waals surface area contributed by atoms with Gasteiger partial charge < -0.3 is 23.9 Å². The number of aryl methyl sites for hydroxylation is 2. The number of aliphatic hydroxyl groups is 1. The van der Waals surface area contributed by atoms with Crippen molar-refractivity contribution in [2.75, 3.05) is 33.4 Å². The molecule has 1 aliphatic rings. The first-order chi connectivity index (χ1) is 17.0. The van der Waals surface area contributed by atoms with Gasteiger partial charge in [-0.05, 0) is 49.6 Å². The van der Waals surface area contributed by atoms with E-state index < -0.39 is 5.60 Å². The first kappa shape index (κ1) is 25.1. The molecule has 0 spiro atoms. The van der Waals surface area contributed by atoms with Crippen LogP contribution in [-0.4, -0.2) is 58.6 Å². The van der Waals surface area contributed by atoms with Gasteiger partial charge in [0, 0.05) is 38.4 Å². The molecule has 3 aromatic rings. The largest absolute Gasteiger partial charge is 0.493 e. The number of ether oxygens (including phenoxy) is 3. The standard InChI is InChI=1S/C28H37N3O4/c1-4-27-29-13-16-31(27)17-18-34-25-10-7-23(19-26(25)33-3)20-30-14-11-28(32,12-15-30)21-35-24-8-5-22(2)6-9-24/h5-10,13,16,19,32H,4,11-12,14-15,17-18,20-21H2,1-3H3. The number of benzene rings is 2. The predicted octanol–water partition coefficient (Wildman–Crippen LogP) is 4.25. The lowest BCUT2D eigenvalue weighted by Gasteiger charge is -2.38. The van der Waals surface area contributed by atoms with Crippen LogP contribution in [0.1, 0.15) is 36.7 Å². The van der Waals surface area contributed by atoms with Gasteiger partial charge in [-0.15, -0.1) is 0 Å². The summed E-state index contributed by atoms with van der Waals surface area (Å²) in [5.74, 6) is 3.35. The quantitative estimate of drug-likeness (QED) is 0.444. The van der Waals surface area contributed by atoms with E-state index in [1.165, 1.54) is 11.1 Å². The molecule has 1 N–H and O–H groups in total. The van der Waals surface area contributed by atoms with Gasteiger partial charge >= 0.3 is 0 Å². The Morgan fingerprint density at radius 3 is 2.51 bits per heavy atom. The van der Waals surface area contributed by atoms with E-state index in [2.05, 4.69) is 27.4 Å². The summed E-state index contributed by atoms with van der Waals surface area (Å²) in [6.45, 7) is 8.21. The molecular weight excluding hydrogens is 442 g/mol. The second-order valence-corrected chi connectivity index (χ2v) is 9.33. The fourth-order valence-corrected chi connectivity index (χ4v) is 4.42. The van der Waals surface area contributed by atoms with Gasteiger partial charge in [-0.1, -0.05) is 30.7 Å². The summed E-state index contributed by atoms with van der Waals surface area (Å²) >= 11 is 0. The van der Waals surface area contributed by atoms with Gasteiger partial charge in [0.25, 0.3) is 0 Å². The minimum Gasteiger partial charge on any atom is -0.493 e. The molecule has 35 heavy (non-hydrogen) atoms. The van der Waals surface area contributed by atoms with Crippen LogP contribution < -0.4 is 14.2 Å². The van der Waals surface area contributed by atoms with E-state index in [4.69, 9.17) is 14.2 Å². The highest BCUT2D eigenvalue weighted by Crippen LogP contribution is 2.30. The first-order valence-corrected chi connectivity index (χ1v) is 12.4. The highest BCUT2D eigenvalue weighted by atomic mass is 16.5. The van der Waals surface area contributed by atoms with Gasteiger partial charge in [0.1, 0.15) is 30.4 Å². The second kappa shape index (κ2) is 11.6. The molecule has 1 aromatic heterocycles. The van der Waals surface area contributed by atoms with Crippen LogP contribution in [0.15, 0.2) is 54.9 Å². The van der Waals surface area contributed by atoms with Crippen molar-refractivity contribution in [1.29, 1.82) is 0 Å². The molecule has 1 fully saturated rings. The monoisotopic (exact) mass is 479 g/mol. The van der Waals surface area contributed by atoms with Gasteiger partial charge in [-0.25, -0.2) is 4.98 Å². The molecule has 0 unspecified atom stereocenters. The summed E-state index contributed by atoms with van der Waals surface area (Å²) in [6, 6.07) is 14.1. The molecule has 188 valence electrons. The molecule has 0 radical (unpaired) electrons. The van der Waals surface area contributed by atoms with Crippen LogP contribution in [0.5, 0.6) is 17.2 Å². The summed E-state index contributed by atoms with van der Waals surface area (Å²) in [6.07, 6.45) is 6.08. The van der Waals surface area contributed by atoms with Crippen molar-refractivity contribution in [3.05, 3.63) is 71.8 Å². The van der Waals surface area contributed by atoms with Crippen LogP contribution in [-0.2, 0) is 19.5 Å². The number of nitrogens with zero attached hydrogens (tertiary/aromatic N) is 3. The number of piperidine rings is 1. The van der Waals surface area contributed by atoms with Crippen LogP contribution in [0.3, 0.4) is 0 Å². The Balaban J connectivity index is 1.25. The van der Waals surface area contributed by atoms with Gasteiger partial charge in [-0.3, -0.25) is 4.90 Å². The number of hydrogen-bond acceptors (Lipinski definition) is 6. The van der Waals surface area contributed by atoms with Gasteiger partial charge in [0.05, 0.1) is 13.7 Å². The van der Waals surface area contributed by atoms with Gasteiger partial charge in [0.2, 0.25) is 0 Å². The van der Waals surface area contributed by atoms with E-state index in [9.17, 15) is 5.11 Å². The molecule has 1 saturated heterocycles. The Bertz CT molecular complexity index is 1070. The molecule has 0 atom stereocenters. The van der Waals surface area contributed by atoms with Gasteiger partial charge in [-0.2, -0.15) is 0 Å². The summed E-state index contributed by atoms with van der Waals surface area (Å²) in [7, 11) is 1.67. The van der Waals surface area contributed by atoms with Crippen molar-refractivity contribution >= 4 is 0 Å². The Morgan fingerprint density at radius 1 is 1.03 bits per heavy atom. The number of imidazole rings is 1. The molecule has 7 nitrogen and oxygen atoms in total. The maximum atomic E-state index is 11.0. The van der Waals surface area contributed by atoms with Crippen molar-refractivity contribution in [3.8, 4) is 17.2 Å². The Kier molecular flexibility index (Phi) is 8.31. The average Bonchev–Trinajstić information content (AvgIpc) is 3.33. The highest BCUT2D eigenvalue weighted by Gasteiger charge is 2.33. The summed E-state index contributed by atoms with van der Waals surface area (Å²) in [5.41, 5.74) is 1.57. The third kappa shape index (κ3) is 6.77. The third-order valence-electron chi connectivity index (χ3n) is 6.66. The minimum absolute atomic E-state index is 0.322. The normalized spacial score (nSPS) is 15.7. The first-order valence-electron chi connectivity index (χ1n) is 12.4. The molecule has 0 saturated carbocycles. The average molecular weight is 480 g/mol. The van der Waals surface area contributed by atoms with Crippen LogP contribution in [0.25, 0.3) is 0 Å². The Hall–Kier alpha value is -3.03. The molecule has 0 bridgehead atoms. The van der Waals surface area contributed by atoms with Crippen molar-refractivity contribution < 1.29 is 19.3 Å². The molecule has 2 heterocycles. The summed E-state index contributed by atoms with van der Waals surface area (Å²) in [5, 5.41) is 11.0. The SMILES string of the molecule is CCc1nccn1CCOc1ccc(CN2CCC(O)(COc3ccc(C)cc3)CC2)cc1OC. The lowest BCUT2D eigenvalue weighted by Crippen LogP contribution is -2.47. The number of hydrogen-bond donors (Lipinski definition) is 1. The van der Waals surface area contributed by atoms with Crippen LogP contribution in [0.4, 0.5) is 0 Å². The maximum Gasteiger partial charge on any atom is 0.161 e. The lowest BCUT2D eigenvalue weighted by atomic mass is 9.92. The predicted molar refractivity (Wildman–Crippen MR) is 136 cm³/mol. The molecule has 4 rings (SSSR count). The topological polar surface area (TPSA) is 69.0 Å². The van der Waals surface area contributed by atoms with Crippen LogP contribution in [0, 0.1) is 6.92 Å². The van der Waals surface area contributed by atoms with E-state index in [1.54, 1.807) is 7.11 Å². The zero-order chi connectivity index (χ0) is 24.7. The summed E-state index contributed by atoms with van der Waals surface area (Å²) in [4.78, 5) is 6.71. The van der Waals surface area contributed by atoms with E-state index in [-0.39, 0.29) is 0 Å². The Labute approximate surface area is 208 Å². The van der Waals surface area contributed by atoms with Crippen molar-refractivity contribution in [2.45, 2.75) is 51.8 Å². The lowest BCUT2D eigenvalue weighted by molar-refractivity contribution is -0.0537. The highest BCUT2D eigenvalue weighted by molar-refractivity contribution is 5.43. The van der Waals surface area contributed by atoms with Gasteiger partial charge in [0.15, 0.2) is 11.5 Å². The summed E-state index contributed by atoms with van der Waals surface area (Å²) < 4.78 is 19.6. The minimum atomic E-state index is -0.788. The fraction of sp³-hybridized carbons (Fsp3) is 0.464. The fourth-order valence-electron chi connectivity index (χ4n) is 4.42.